The standard InChI is InChI=1S/C12H8FN5O3/c13-8-5-7(18(19)20)1-2-9(8)21-12-11-15-3-4-17(11)6-10(14)16-12/h1-6H,14H2. The molecular formula is C12H8FN5O3. The van der Waals surface area contributed by atoms with Crippen molar-refractivity contribution in [3.05, 3.63) is 52.7 Å². The van der Waals surface area contributed by atoms with Gasteiger partial charge in [-0.3, -0.25) is 14.5 Å². The van der Waals surface area contributed by atoms with Crippen molar-refractivity contribution in [2.75, 3.05) is 5.73 Å². The molecule has 21 heavy (non-hydrogen) atoms. The molecule has 3 rings (SSSR count). The van der Waals surface area contributed by atoms with Gasteiger partial charge in [0.25, 0.3) is 11.6 Å². The number of nitrogens with two attached hydrogens (primary N) is 1. The van der Waals surface area contributed by atoms with Crippen LogP contribution in [-0.2, 0) is 0 Å². The number of hydrogen-bond donors (Lipinski definition) is 1. The number of nitrogen functional groups attached to an aromatic ring is 1. The number of aromatic nitrogens is 3. The third kappa shape index (κ3) is 2.31. The minimum absolute atomic E-state index is 0.00718. The minimum atomic E-state index is -0.877. The van der Waals surface area contributed by atoms with Gasteiger partial charge in [0.1, 0.15) is 5.82 Å². The second kappa shape index (κ2) is 4.71. The van der Waals surface area contributed by atoms with E-state index in [0.29, 0.717) is 5.65 Å². The lowest BCUT2D eigenvalue weighted by Gasteiger charge is -2.07. The van der Waals surface area contributed by atoms with E-state index < -0.39 is 10.7 Å². The molecule has 2 heterocycles. The maximum atomic E-state index is 13.8. The fraction of sp³-hybridized carbons (Fsp3) is 0. The molecule has 0 unspecified atom stereocenters. The van der Waals surface area contributed by atoms with Crippen LogP contribution < -0.4 is 10.5 Å². The van der Waals surface area contributed by atoms with Crippen molar-refractivity contribution in [3.8, 4) is 11.6 Å². The van der Waals surface area contributed by atoms with Crippen LogP contribution in [0.1, 0.15) is 0 Å². The molecule has 0 bridgehead atoms. The van der Waals surface area contributed by atoms with Crippen molar-refractivity contribution in [3.63, 3.8) is 0 Å². The molecule has 0 radical (unpaired) electrons. The number of rotatable bonds is 3. The van der Waals surface area contributed by atoms with Crippen molar-refractivity contribution in [1.29, 1.82) is 0 Å². The van der Waals surface area contributed by atoms with Crippen LogP contribution in [0.5, 0.6) is 11.6 Å². The molecule has 0 saturated carbocycles. The number of hydrogen-bond acceptors (Lipinski definition) is 6. The molecule has 0 spiro atoms. The summed E-state index contributed by atoms with van der Waals surface area (Å²) < 4.78 is 20.7. The number of imidazole rings is 1. The Bertz CT molecular complexity index is 848. The van der Waals surface area contributed by atoms with Crippen LogP contribution in [0.15, 0.2) is 36.8 Å². The summed E-state index contributed by atoms with van der Waals surface area (Å²) in [5.41, 5.74) is 5.60. The highest BCUT2D eigenvalue weighted by Crippen LogP contribution is 2.28. The first kappa shape index (κ1) is 12.8. The average molecular weight is 289 g/mol. The van der Waals surface area contributed by atoms with E-state index in [4.69, 9.17) is 10.5 Å². The highest BCUT2D eigenvalue weighted by Gasteiger charge is 2.15. The third-order valence-corrected chi connectivity index (χ3v) is 2.69. The Morgan fingerprint density at radius 2 is 2.24 bits per heavy atom. The van der Waals surface area contributed by atoms with E-state index >= 15 is 0 Å². The molecule has 0 atom stereocenters. The van der Waals surface area contributed by atoms with Crippen LogP contribution in [0.25, 0.3) is 5.65 Å². The molecule has 1 aromatic carbocycles. The molecule has 0 aliphatic carbocycles. The van der Waals surface area contributed by atoms with E-state index in [1.807, 2.05) is 0 Å². The van der Waals surface area contributed by atoms with Gasteiger partial charge in [-0.25, -0.2) is 9.37 Å². The highest BCUT2D eigenvalue weighted by atomic mass is 19.1. The first-order valence-electron chi connectivity index (χ1n) is 5.75. The van der Waals surface area contributed by atoms with Crippen LogP contribution in [-0.4, -0.2) is 19.3 Å². The van der Waals surface area contributed by atoms with Gasteiger partial charge in [0, 0.05) is 18.5 Å². The summed E-state index contributed by atoms with van der Waals surface area (Å²) in [6.07, 6.45) is 4.67. The Balaban J connectivity index is 2.02. The Hall–Kier alpha value is -3.23. The van der Waals surface area contributed by atoms with Crippen molar-refractivity contribution in [2.45, 2.75) is 0 Å². The van der Waals surface area contributed by atoms with Gasteiger partial charge >= 0.3 is 0 Å². The van der Waals surface area contributed by atoms with Crippen LogP contribution in [0, 0.1) is 15.9 Å². The van der Waals surface area contributed by atoms with Crippen molar-refractivity contribution in [1.82, 2.24) is 14.4 Å². The monoisotopic (exact) mass is 289 g/mol. The molecule has 2 aromatic heterocycles. The lowest BCUT2D eigenvalue weighted by molar-refractivity contribution is -0.385. The summed E-state index contributed by atoms with van der Waals surface area (Å²) in [6.45, 7) is 0. The fourth-order valence-electron chi connectivity index (χ4n) is 1.78. The van der Waals surface area contributed by atoms with Gasteiger partial charge in [0.15, 0.2) is 11.6 Å². The largest absolute Gasteiger partial charge is 0.433 e. The van der Waals surface area contributed by atoms with E-state index in [9.17, 15) is 14.5 Å². The summed E-state index contributed by atoms with van der Waals surface area (Å²) in [5, 5.41) is 10.6. The molecule has 0 saturated heterocycles. The van der Waals surface area contributed by atoms with Gasteiger partial charge < -0.3 is 10.5 Å². The van der Waals surface area contributed by atoms with E-state index in [1.54, 1.807) is 10.6 Å². The lowest BCUT2D eigenvalue weighted by atomic mass is 10.3. The quantitative estimate of drug-likeness (QED) is 0.584. The molecule has 9 heteroatoms. The van der Waals surface area contributed by atoms with Crippen LogP contribution in [0.4, 0.5) is 15.9 Å². The maximum absolute atomic E-state index is 13.8. The number of fused-ring (bicyclic) bond motifs is 1. The Labute approximate surface area is 116 Å². The molecule has 2 N–H and O–H groups in total. The van der Waals surface area contributed by atoms with Crippen LogP contribution in [0.3, 0.4) is 0 Å². The topological polar surface area (TPSA) is 109 Å². The summed E-state index contributed by atoms with van der Waals surface area (Å²) >= 11 is 0. The Morgan fingerprint density at radius 3 is 2.95 bits per heavy atom. The number of halogens is 1. The van der Waals surface area contributed by atoms with E-state index in [-0.39, 0.29) is 23.1 Å². The van der Waals surface area contributed by atoms with Gasteiger partial charge in [-0.1, -0.05) is 0 Å². The summed E-state index contributed by atoms with van der Waals surface area (Å²) in [4.78, 5) is 17.8. The second-order valence-electron chi connectivity index (χ2n) is 4.10. The summed E-state index contributed by atoms with van der Waals surface area (Å²) in [5.74, 6) is -0.910. The SMILES string of the molecule is Nc1cn2ccnc2c(Oc2ccc([N+](=O)[O-])cc2F)n1. The lowest BCUT2D eigenvalue weighted by Crippen LogP contribution is -2.00. The van der Waals surface area contributed by atoms with E-state index in [1.165, 1.54) is 12.4 Å². The predicted molar refractivity (Wildman–Crippen MR) is 70.5 cm³/mol. The number of anilines is 1. The molecular weight excluding hydrogens is 281 g/mol. The minimum Gasteiger partial charge on any atom is -0.433 e. The molecule has 0 amide bonds. The summed E-state index contributed by atoms with van der Waals surface area (Å²) in [6, 6.07) is 3.05. The number of non-ortho nitro benzene ring substituents is 1. The van der Waals surface area contributed by atoms with Gasteiger partial charge in [-0.2, -0.15) is 4.98 Å². The third-order valence-electron chi connectivity index (χ3n) is 2.69. The first-order valence-corrected chi connectivity index (χ1v) is 5.75. The second-order valence-corrected chi connectivity index (χ2v) is 4.10. The smallest absolute Gasteiger partial charge is 0.272 e. The van der Waals surface area contributed by atoms with Gasteiger partial charge in [0.2, 0.25) is 5.65 Å². The molecule has 8 nitrogen and oxygen atoms in total. The van der Waals surface area contributed by atoms with Gasteiger partial charge in [-0.05, 0) is 6.07 Å². The maximum Gasteiger partial charge on any atom is 0.272 e. The van der Waals surface area contributed by atoms with Crippen LogP contribution in [0.2, 0.25) is 0 Å². The highest BCUT2D eigenvalue weighted by molar-refractivity contribution is 5.54. The van der Waals surface area contributed by atoms with Crippen molar-refractivity contribution < 1.29 is 14.1 Å². The number of benzene rings is 1. The average Bonchev–Trinajstić information content (AvgIpc) is 2.88. The van der Waals surface area contributed by atoms with E-state index in [0.717, 1.165) is 18.2 Å². The normalized spacial score (nSPS) is 10.7. The first-order chi connectivity index (χ1) is 10.0. The molecule has 3 aromatic rings. The summed E-state index contributed by atoms with van der Waals surface area (Å²) in [7, 11) is 0. The van der Waals surface area contributed by atoms with Gasteiger partial charge in [0.05, 0.1) is 17.2 Å². The van der Waals surface area contributed by atoms with Crippen LogP contribution >= 0.6 is 0 Å². The predicted octanol–water partition coefficient (Wildman–Crippen LogP) is 2.15. The Kier molecular flexibility index (Phi) is 2.87. The Morgan fingerprint density at radius 1 is 1.43 bits per heavy atom. The molecule has 0 aliphatic rings. The van der Waals surface area contributed by atoms with Crippen molar-refractivity contribution in [2.24, 2.45) is 0 Å². The van der Waals surface area contributed by atoms with Gasteiger partial charge in [-0.15, -0.1) is 0 Å². The zero-order chi connectivity index (χ0) is 15.0. The molecule has 0 fully saturated rings. The number of nitro benzene ring substituents is 1. The number of nitro groups is 1. The molecule has 106 valence electrons. The zero-order valence-electron chi connectivity index (χ0n) is 10.4. The fourth-order valence-corrected chi connectivity index (χ4v) is 1.78. The number of nitrogens with zero attached hydrogens (tertiary/aromatic N) is 4. The molecule has 0 aliphatic heterocycles. The zero-order valence-corrected chi connectivity index (χ0v) is 10.4. The number of ether oxygens (including phenoxy) is 1. The van der Waals surface area contributed by atoms with Crippen molar-refractivity contribution >= 4 is 17.2 Å². The van der Waals surface area contributed by atoms with E-state index in [2.05, 4.69) is 9.97 Å².